The Balaban J connectivity index is 1.94. The number of imidazole rings is 1. The Morgan fingerprint density at radius 1 is 1.09 bits per heavy atom. The molecule has 0 aliphatic rings. The van der Waals surface area contributed by atoms with Gasteiger partial charge < -0.3 is 19.4 Å². The smallest absolute Gasteiger partial charge is 0.323 e. The number of halogens is 1. The third-order valence-corrected chi connectivity index (χ3v) is 3.60. The molecule has 0 radical (unpaired) electrons. The van der Waals surface area contributed by atoms with E-state index < -0.39 is 0 Å². The van der Waals surface area contributed by atoms with Gasteiger partial charge in [-0.1, -0.05) is 11.6 Å². The summed E-state index contributed by atoms with van der Waals surface area (Å²) in [4.78, 5) is 21.0. The predicted molar refractivity (Wildman–Crippen MR) is 90.7 cm³/mol. The third-order valence-electron chi connectivity index (χ3n) is 3.32. The van der Waals surface area contributed by atoms with E-state index in [-0.39, 0.29) is 5.69 Å². The Morgan fingerprint density at radius 3 is 2.61 bits per heavy atom. The van der Waals surface area contributed by atoms with Crippen LogP contribution in [0.15, 0.2) is 40.1 Å². The first kappa shape index (κ1) is 15.2. The lowest BCUT2D eigenvalue weighted by Crippen LogP contribution is -1.99. The summed E-state index contributed by atoms with van der Waals surface area (Å²) >= 11 is 6.17. The van der Waals surface area contributed by atoms with Gasteiger partial charge in [0, 0.05) is 6.21 Å². The van der Waals surface area contributed by atoms with Crippen molar-refractivity contribution >= 4 is 34.5 Å². The molecule has 1 heterocycles. The number of nitrogens with one attached hydrogen (secondary N) is 2. The second-order valence-corrected chi connectivity index (χ2v) is 5.21. The van der Waals surface area contributed by atoms with E-state index in [1.807, 2.05) is 6.07 Å². The molecule has 0 unspecified atom stereocenters. The van der Waals surface area contributed by atoms with E-state index in [1.54, 1.807) is 37.6 Å². The molecule has 0 spiro atoms. The zero-order chi connectivity index (χ0) is 16.4. The molecule has 0 fully saturated rings. The van der Waals surface area contributed by atoms with Crippen LogP contribution in [0.25, 0.3) is 11.0 Å². The van der Waals surface area contributed by atoms with Crippen molar-refractivity contribution in [1.29, 1.82) is 0 Å². The summed E-state index contributed by atoms with van der Waals surface area (Å²) in [6, 6.07) is 8.91. The van der Waals surface area contributed by atoms with Crippen LogP contribution in [0, 0.1) is 0 Å². The SMILES string of the molecule is COc1cc(C=Nc2ccc3[nH]c(=O)[nH]c3c2)cc(Cl)c1OC. The zero-order valence-corrected chi connectivity index (χ0v) is 13.3. The lowest BCUT2D eigenvalue weighted by molar-refractivity contribution is 0.355. The molecule has 0 saturated carbocycles. The van der Waals surface area contributed by atoms with Crippen LogP contribution in [0.1, 0.15) is 5.56 Å². The first-order chi connectivity index (χ1) is 11.1. The molecule has 6 nitrogen and oxygen atoms in total. The molecule has 118 valence electrons. The Bertz CT molecular complexity index is 943. The minimum Gasteiger partial charge on any atom is -0.493 e. The number of aromatic amines is 2. The van der Waals surface area contributed by atoms with Gasteiger partial charge in [-0.25, -0.2) is 4.79 Å². The van der Waals surface area contributed by atoms with Crippen molar-refractivity contribution in [2.75, 3.05) is 14.2 Å². The fraction of sp³-hybridized carbons (Fsp3) is 0.125. The van der Waals surface area contributed by atoms with Crippen molar-refractivity contribution in [3.8, 4) is 11.5 Å². The van der Waals surface area contributed by atoms with Gasteiger partial charge in [-0.15, -0.1) is 0 Å². The molecular formula is C16H14ClN3O3. The number of aromatic nitrogens is 2. The van der Waals surface area contributed by atoms with Gasteiger partial charge in [-0.2, -0.15) is 0 Å². The fourth-order valence-corrected chi connectivity index (χ4v) is 2.56. The van der Waals surface area contributed by atoms with Crippen LogP contribution in [-0.4, -0.2) is 30.4 Å². The van der Waals surface area contributed by atoms with E-state index >= 15 is 0 Å². The second kappa shape index (κ2) is 6.18. The van der Waals surface area contributed by atoms with Crippen LogP contribution in [0.3, 0.4) is 0 Å². The highest BCUT2D eigenvalue weighted by Gasteiger charge is 2.09. The lowest BCUT2D eigenvalue weighted by atomic mass is 10.2. The van der Waals surface area contributed by atoms with E-state index in [0.717, 1.165) is 11.1 Å². The Hall–Kier alpha value is -2.73. The number of ether oxygens (including phenoxy) is 2. The number of hydrogen-bond acceptors (Lipinski definition) is 4. The molecule has 0 bridgehead atoms. The number of benzene rings is 2. The standard InChI is InChI=1S/C16H14ClN3O3/c1-22-14-6-9(5-11(17)15(14)23-2)8-18-10-3-4-12-13(7-10)20-16(21)19-12/h3-8H,1-2H3,(H2,19,20,21). The quantitative estimate of drug-likeness (QED) is 0.720. The molecule has 0 amide bonds. The zero-order valence-electron chi connectivity index (χ0n) is 12.5. The molecular weight excluding hydrogens is 318 g/mol. The fourth-order valence-electron chi connectivity index (χ4n) is 2.26. The van der Waals surface area contributed by atoms with Gasteiger partial charge >= 0.3 is 5.69 Å². The highest BCUT2D eigenvalue weighted by Crippen LogP contribution is 2.35. The van der Waals surface area contributed by atoms with Gasteiger partial charge in [0.2, 0.25) is 0 Å². The molecule has 0 saturated heterocycles. The maximum atomic E-state index is 11.3. The molecule has 3 aromatic rings. The largest absolute Gasteiger partial charge is 0.493 e. The summed E-state index contributed by atoms with van der Waals surface area (Å²) in [6.45, 7) is 0. The molecule has 7 heteroatoms. The van der Waals surface area contributed by atoms with Gasteiger partial charge in [-0.05, 0) is 35.9 Å². The average Bonchev–Trinajstić information content (AvgIpc) is 2.91. The number of H-pyrrole nitrogens is 2. The molecule has 0 aliphatic heterocycles. The maximum Gasteiger partial charge on any atom is 0.323 e. The first-order valence-electron chi connectivity index (χ1n) is 6.78. The number of nitrogens with zero attached hydrogens (tertiary/aromatic N) is 1. The minimum atomic E-state index is -0.243. The van der Waals surface area contributed by atoms with Crippen molar-refractivity contribution in [1.82, 2.24) is 9.97 Å². The molecule has 23 heavy (non-hydrogen) atoms. The average molecular weight is 332 g/mol. The molecule has 2 aromatic carbocycles. The van der Waals surface area contributed by atoms with E-state index in [1.165, 1.54) is 7.11 Å². The summed E-state index contributed by atoms with van der Waals surface area (Å²) in [6.07, 6.45) is 1.67. The van der Waals surface area contributed by atoms with Crippen molar-refractivity contribution in [2.24, 2.45) is 4.99 Å². The molecule has 2 N–H and O–H groups in total. The molecule has 3 rings (SSSR count). The topological polar surface area (TPSA) is 79.5 Å². The minimum absolute atomic E-state index is 0.243. The van der Waals surface area contributed by atoms with Gasteiger partial charge in [0.1, 0.15) is 0 Å². The van der Waals surface area contributed by atoms with E-state index in [0.29, 0.717) is 27.7 Å². The second-order valence-electron chi connectivity index (χ2n) is 4.81. The summed E-state index contributed by atoms with van der Waals surface area (Å²) in [7, 11) is 3.08. The van der Waals surface area contributed by atoms with Crippen LogP contribution in [0.5, 0.6) is 11.5 Å². The summed E-state index contributed by atoms with van der Waals surface area (Å²) in [5.74, 6) is 1.02. The van der Waals surface area contributed by atoms with Crippen molar-refractivity contribution in [3.05, 3.63) is 51.4 Å². The van der Waals surface area contributed by atoms with Crippen molar-refractivity contribution in [3.63, 3.8) is 0 Å². The summed E-state index contributed by atoms with van der Waals surface area (Å²) in [5, 5.41) is 0.443. The highest BCUT2D eigenvalue weighted by atomic mass is 35.5. The van der Waals surface area contributed by atoms with Gasteiger partial charge in [-0.3, -0.25) is 4.99 Å². The molecule has 0 aliphatic carbocycles. The van der Waals surface area contributed by atoms with E-state index in [9.17, 15) is 4.79 Å². The number of hydrogen-bond donors (Lipinski definition) is 2. The lowest BCUT2D eigenvalue weighted by Gasteiger charge is -2.09. The number of fused-ring (bicyclic) bond motifs is 1. The van der Waals surface area contributed by atoms with Gasteiger partial charge in [0.15, 0.2) is 11.5 Å². The van der Waals surface area contributed by atoms with Crippen LogP contribution in [-0.2, 0) is 0 Å². The molecule has 1 aromatic heterocycles. The van der Waals surface area contributed by atoms with Crippen LogP contribution in [0.2, 0.25) is 5.02 Å². The van der Waals surface area contributed by atoms with Crippen molar-refractivity contribution < 1.29 is 9.47 Å². The third kappa shape index (κ3) is 3.07. The predicted octanol–water partition coefficient (Wildman–Crippen LogP) is 3.28. The van der Waals surface area contributed by atoms with Gasteiger partial charge in [0.05, 0.1) is 36.0 Å². The molecule has 0 atom stereocenters. The Labute approximate surface area is 136 Å². The monoisotopic (exact) mass is 331 g/mol. The summed E-state index contributed by atoms with van der Waals surface area (Å²) < 4.78 is 10.5. The highest BCUT2D eigenvalue weighted by molar-refractivity contribution is 6.32. The van der Waals surface area contributed by atoms with E-state index in [4.69, 9.17) is 21.1 Å². The Kier molecular flexibility index (Phi) is 4.08. The van der Waals surface area contributed by atoms with Crippen molar-refractivity contribution in [2.45, 2.75) is 0 Å². The van der Waals surface area contributed by atoms with E-state index in [2.05, 4.69) is 15.0 Å². The van der Waals surface area contributed by atoms with Crippen LogP contribution < -0.4 is 15.2 Å². The number of rotatable bonds is 4. The van der Waals surface area contributed by atoms with Crippen LogP contribution >= 0.6 is 11.6 Å². The summed E-state index contributed by atoms with van der Waals surface area (Å²) in [5.41, 5.74) is 2.68. The van der Waals surface area contributed by atoms with Gasteiger partial charge in [0.25, 0.3) is 0 Å². The Morgan fingerprint density at radius 2 is 1.87 bits per heavy atom. The normalized spacial score (nSPS) is 11.3. The number of aliphatic imine (C=N–C) groups is 1. The number of methoxy groups -OCH3 is 2. The van der Waals surface area contributed by atoms with Crippen LogP contribution in [0.4, 0.5) is 5.69 Å². The maximum absolute atomic E-state index is 11.3. The first-order valence-corrected chi connectivity index (χ1v) is 7.16.